The fraction of sp³-hybridized carbons (Fsp3) is 0.316. The minimum Gasteiger partial charge on any atom is -0.345 e. The molecule has 1 amide bonds. The van der Waals surface area contributed by atoms with Gasteiger partial charge in [0, 0.05) is 11.4 Å². The van der Waals surface area contributed by atoms with E-state index < -0.39 is 0 Å². The van der Waals surface area contributed by atoms with Gasteiger partial charge in [0.1, 0.15) is 0 Å². The first-order valence-corrected chi connectivity index (χ1v) is 7.83. The fourth-order valence-electron chi connectivity index (χ4n) is 2.35. The van der Waals surface area contributed by atoms with E-state index in [1.54, 1.807) is 0 Å². The van der Waals surface area contributed by atoms with Crippen LogP contribution in [0.3, 0.4) is 0 Å². The van der Waals surface area contributed by atoms with Gasteiger partial charge in [-0.25, -0.2) is 0 Å². The van der Waals surface area contributed by atoms with Gasteiger partial charge < -0.3 is 5.32 Å². The Kier molecular flexibility index (Phi) is 5.25. The summed E-state index contributed by atoms with van der Waals surface area (Å²) in [6.07, 6.45) is 0.490. The van der Waals surface area contributed by atoms with Gasteiger partial charge in [-0.1, -0.05) is 74.8 Å². The van der Waals surface area contributed by atoms with E-state index in [1.807, 2.05) is 54.6 Å². The number of halogens is 1. The van der Waals surface area contributed by atoms with Crippen LogP contribution in [0.4, 0.5) is 0 Å². The van der Waals surface area contributed by atoms with Crippen molar-refractivity contribution in [3.63, 3.8) is 0 Å². The van der Waals surface area contributed by atoms with Crippen LogP contribution in [-0.4, -0.2) is 5.91 Å². The lowest BCUT2D eigenvalue weighted by Crippen LogP contribution is -2.32. The van der Waals surface area contributed by atoms with Crippen LogP contribution >= 0.6 is 11.6 Å². The third-order valence-electron chi connectivity index (χ3n) is 3.33. The molecule has 0 bridgehead atoms. The predicted molar refractivity (Wildman–Crippen MR) is 92.0 cm³/mol. The van der Waals surface area contributed by atoms with Gasteiger partial charge in [0.2, 0.25) is 5.91 Å². The standard InChI is InChI=1S/C19H22ClNO/c1-19(2,3)13-17(22)21-18(14-7-5-4-6-8-14)15-9-11-16(20)12-10-15/h4-12,18H,13H2,1-3H3,(H,21,22). The summed E-state index contributed by atoms with van der Waals surface area (Å²) in [5.74, 6) is 0.0521. The van der Waals surface area contributed by atoms with Crippen molar-refractivity contribution in [3.05, 3.63) is 70.7 Å². The molecule has 0 aliphatic rings. The fourth-order valence-corrected chi connectivity index (χ4v) is 2.48. The lowest BCUT2D eigenvalue weighted by atomic mass is 9.91. The molecule has 2 rings (SSSR count). The molecule has 0 aromatic heterocycles. The van der Waals surface area contributed by atoms with Gasteiger partial charge >= 0.3 is 0 Å². The molecule has 0 heterocycles. The van der Waals surface area contributed by atoms with Crippen LogP contribution < -0.4 is 5.32 Å². The van der Waals surface area contributed by atoms with E-state index in [2.05, 4.69) is 26.1 Å². The Morgan fingerprint density at radius 1 is 1.00 bits per heavy atom. The smallest absolute Gasteiger partial charge is 0.221 e. The summed E-state index contributed by atoms with van der Waals surface area (Å²) in [7, 11) is 0. The molecule has 2 aromatic rings. The quantitative estimate of drug-likeness (QED) is 0.847. The minimum absolute atomic E-state index is 0.0364. The van der Waals surface area contributed by atoms with Crippen molar-refractivity contribution in [1.82, 2.24) is 5.32 Å². The lowest BCUT2D eigenvalue weighted by Gasteiger charge is -2.23. The molecule has 0 saturated carbocycles. The Morgan fingerprint density at radius 3 is 2.09 bits per heavy atom. The first kappa shape index (κ1) is 16.6. The number of carbonyl (C=O) groups is 1. The van der Waals surface area contributed by atoms with Crippen LogP contribution in [0.15, 0.2) is 54.6 Å². The summed E-state index contributed by atoms with van der Waals surface area (Å²) >= 11 is 5.97. The Morgan fingerprint density at radius 2 is 1.55 bits per heavy atom. The summed E-state index contributed by atoms with van der Waals surface area (Å²) < 4.78 is 0. The van der Waals surface area contributed by atoms with Crippen molar-refractivity contribution in [2.75, 3.05) is 0 Å². The number of hydrogen-bond donors (Lipinski definition) is 1. The Hall–Kier alpha value is -1.80. The molecular weight excluding hydrogens is 294 g/mol. The average molecular weight is 316 g/mol. The monoisotopic (exact) mass is 315 g/mol. The van der Waals surface area contributed by atoms with Gasteiger partial charge in [-0.2, -0.15) is 0 Å². The molecule has 0 aliphatic heterocycles. The Balaban J connectivity index is 2.26. The van der Waals surface area contributed by atoms with E-state index in [0.717, 1.165) is 11.1 Å². The summed E-state index contributed by atoms with van der Waals surface area (Å²) in [5, 5.41) is 3.83. The van der Waals surface area contributed by atoms with E-state index in [0.29, 0.717) is 11.4 Å². The maximum Gasteiger partial charge on any atom is 0.221 e. The summed E-state index contributed by atoms with van der Waals surface area (Å²) in [6.45, 7) is 6.19. The third kappa shape index (κ3) is 4.88. The zero-order valence-corrected chi connectivity index (χ0v) is 14.0. The van der Waals surface area contributed by atoms with Crippen molar-refractivity contribution < 1.29 is 4.79 Å². The van der Waals surface area contributed by atoms with Gasteiger partial charge in [-0.3, -0.25) is 4.79 Å². The second-order valence-electron chi connectivity index (χ2n) is 6.70. The molecule has 22 heavy (non-hydrogen) atoms. The van der Waals surface area contributed by atoms with E-state index in [-0.39, 0.29) is 17.4 Å². The molecule has 116 valence electrons. The molecule has 0 spiro atoms. The lowest BCUT2D eigenvalue weighted by molar-refractivity contribution is -0.123. The zero-order valence-electron chi connectivity index (χ0n) is 13.3. The van der Waals surface area contributed by atoms with Gasteiger partial charge in [-0.15, -0.1) is 0 Å². The number of benzene rings is 2. The largest absolute Gasteiger partial charge is 0.345 e. The first-order chi connectivity index (χ1) is 10.3. The maximum absolute atomic E-state index is 12.3. The molecule has 1 atom stereocenters. The maximum atomic E-state index is 12.3. The predicted octanol–water partition coefficient (Wildman–Crippen LogP) is 4.98. The van der Waals surface area contributed by atoms with Gasteiger partial charge in [0.05, 0.1) is 6.04 Å². The molecule has 0 radical (unpaired) electrons. The van der Waals surface area contributed by atoms with E-state index >= 15 is 0 Å². The highest BCUT2D eigenvalue weighted by Crippen LogP contribution is 2.25. The average Bonchev–Trinajstić information content (AvgIpc) is 2.45. The second-order valence-corrected chi connectivity index (χ2v) is 7.14. The molecule has 1 unspecified atom stereocenters. The number of hydrogen-bond acceptors (Lipinski definition) is 1. The van der Waals surface area contributed by atoms with Crippen molar-refractivity contribution in [1.29, 1.82) is 0 Å². The van der Waals surface area contributed by atoms with Crippen LogP contribution in [0.5, 0.6) is 0 Å². The van der Waals surface area contributed by atoms with Gasteiger partial charge in [0.25, 0.3) is 0 Å². The van der Waals surface area contributed by atoms with Crippen molar-refractivity contribution >= 4 is 17.5 Å². The highest BCUT2D eigenvalue weighted by molar-refractivity contribution is 6.30. The summed E-state index contributed by atoms with van der Waals surface area (Å²) in [5.41, 5.74) is 2.05. The topological polar surface area (TPSA) is 29.1 Å². The summed E-state index contributed by atoms with van der Waals surface area (Å²) in [4.78, 5) is 12.3. The molecule has 0 fully saturated rings. The number of amides is 1. The van der Waals surface area contributed by atoms with Crippen molar-refractivity contribution in [2.45, 2.75) is 33.2 Å². The molecule has 0 saturated heterocycles. The molecular formula is C19H22ClNO. The third-order valence-corrected chi connectivity index (χ3v) is 3.58. The Labute approximate surface area is 137 Å². The molecule has 3 heteroatoms. The van der Waals surface area contributed by atoms with Crippen LogP contribution in [0.2, 0.25) is 5.02 Å². The first-order valence-electron chi connectivity index (χ1n) is 7.45. The SMILES string of the molecule is CC(C)(C)CC(=O)NC(c1ccccc1)c1ccc(Cl)cc1. The van der Waals surface area contributed by atoms with E-state index in [1.165, 1.54) is 0 Å². The van der Waals surface area contributed by atoms with Gasteiger partial charge in [0.15, 0.2) is 0 Å². The molecule has 1 N–H and O–H groups in total. The minimum atomic E-state index is -0.159. The van der Waals surface area contributed by atoms with Gasteiger partial charge in [-0.05, 0) is 28.7 Å². The highest BCUT2D eigenvalue weighted by Gasteiger charge is 2.21. The number of rotatable bonds is 4. The van der Waals surface area contributed by atoms with Crippen LogP contribution in [0.25, 0.3) is 0 Å². The zero-order chi connectivity index (χ0) is 16.2. The van der Waals surface area contributed by atoms with Crippen LogP contribution in [0.1, 0.15) is 44.4 Å². The molecule has 2 nitrogen and oxygen atoms in total. The van der Waals surface area contributed by atoms with Crippen molar-refractivity contribution in [2.24, 2.45) is 5.41 Å². The van der Waals surface area contributed by atoms with Crippen molar-refractivity contribution in [3.8, 4) is 0 Å². The van der Waals surface area contributed by atoms with E-state index in [4.69, 9.17) is 11.6 Å². The summed E-state index contributed by atoms with van der Waals surface area (Å²) in [6, 6.07) is 17.4. The highest BCUT2D eigenvalue weighted by atomic mass is 35.5. The number of carbonyl (C=O) groups excluding carboxylic acids is 1. The second kappa shape index (κ2) is 6.97. The Bertz CT molecular complexity index is 614. The number of nitrogens with one attached hydrogen (secondary N) is 1. The molecule has 0 aliphatic carbocycles. The van der Waals surface area contributed by atoms with Crippen LogP contribution in [-0.2, 0) is 4.79 Å². The van der Waals surface area contributed by atoms with Crippen LogP contribution in [0, 0.1) is 5.41 Å². The molecule has 2 aromatic carbocycles. The normalized spacial score (nSPS) is 12.7. The van der Waals surface area contributed by atoms with E-state index in [9.17, 15) is 4.79 Å².